The van der Waals surface area contributed by atoms with Crippen molar-refractivity contribution in [1.82, 2.24) is 0 Å². The maximum Gasteiger partial charge on any atom is 0.0835 e. The number of allylic oxidation sites excluding steroid dienone is 1. The molecule has 0 N–H and O–H groups in total. The van der Waals surface area contributed by atoms with E-state index in [9.17, 15) is 0 Å². The van der Waals surface area contributed by atoms with Gasteiger partial charge in [0.05, 0.1) is 12.7 Å². The fourth-order valence-corrected chi connectivity index (χ4v) is 2.02. The number of ether oxygens (including phenoxy) is 1. The van der Waals surface area contributed by atoms with Crippen molar-refractivity contribution < 1.29 is 4.74 Å². The molecule has 1 aromatic carbocycles. The molecular weight excluding hydrogens is 184 g/mol. The zero-order chi connectivity index (χ0) is 10.7. The molecule has 0 radical (unpaired) electrons. The van der Waals surface area contributed by atoms with Crippen LogP contribution in [0, 0.1) is 0 Å². The van der Waals surface area contributed by atoms with Gasteiger partial charge in [0.15, 0.2) is 0 Å². The number of hydrogen-bond donors (Lipinski definition) is 0. The Labute approximate surface area is 91.8 Å². The van der Waals surface area contributed by atoms with Crippen molar-refractivity contribution in [3.63, 3.8) is 0 Å². The highest BCUT2D eigenvalue weighted by Crippen LogP contribution is 2.33. The van der Waals surface area contributed by atoms with Crippen molar-refractivity contribution in [2.24, 2.45) is 0 Å². The van der Waals surface area contributed by atoms with Gasteiger partial charge in [-0.25, -0.2) is 0 Å². The van der Waals surface area contributed by atoms with Gasteiger partial charge in [-0.1, -0.05) is 35.9 Å². The van der Waals surface area contributed by atoms with E-state index >= 15 is 0 Å². The normalized spacial score (nSPS) is 18.7. The van der Waals surface area contributed by atoms with Crippen LogP contribution in [0.5, 0.6) is 0 Å². The lowest BCUT2D eigenvalue weighted by Crippen LogP contribution is -2.00. The molecule has 0 bridgehead atoms. The topological polar surface area (TPSA) is 9.23 Å². The predicted octanol–water partition coefficient (Wildman–Crippen LogP) is 3.66. The first kappa shape index (κ1) is 10.4. The van der Waals surface area contributed by atoms with E-state index in [1.807, 2.05) is 0 Å². The second-order valence-corrected chi connectivity index (χ2v) is 4.34. The van der Waals surface area contributed by atoms with Crippen molar-refractivity contribution in [3.05, 3.63) is 47.0 Å². The molecule has 1 aromatic rings. The molecule has 1 heteroatoms. The van der Waals surface area contributed by atoms with Gasteiger partial charge < -0.3 is 4.74 Å². The minimum absolute atomic E-state index is 0.316. The molecule has 1 aliphatic carbocycles. The highest BCUT2D eigenvalue weighted by molar-refractivity contribution is 5.33. The number of aryl methyl sites for hydroxylation is 1. The van der Waals surface area contributed by atoms with Gasteiger partial charge in [0, 0.05) is 0 Å². The molecule has 1 atom stereocenters. The van der Waals surface area contributed by atoms with Gasteiger partial charge in [0.25, 0.3) is 0 Å². The summed E-state index contributed by atoms with van der Waals surface area (Å²) < 4.78 is 5.86. The number of benzene rings is 1. The first-order valence-corrected chi connectivity index (χ1v) is 5.60. The molecule has 0 amide bonds. The Bertz CT molecular complexity index is 361. The second-order valence-electron chi connectivity index (χ2n) is 4.34. The highest BCUT2D eigenvalue weighted by Gasteiger charge is 2.21. The van der Waals surface area contributed by atoms with Crippen LogP contribution in [0.3, 0.4) is 0 Å². The van der Waals surface area contributed by atoms with E-state index in [0.29, 0.717) is 6.10 Å². The molecule has 2 rings (SSSR count). The molecule has 15 heavy (non-hydrogen) atoms. The monoisotopic (exact) mass is 202 g/mol. The van der Waals surface area contributed by atoms with Crippen LogP contribution in [0.1, 0.15) is 37.5 Å². The minimum atomic E-state index is 0.316. The molecule has 80 valence electrons. The van der Waals surface area contributed by atoms with Gasteiger partial charge in [0.1, 0.15) is 0 Å². The third-order valence-electron chi connectivity index (χ3n) is 2.87. The van der Waals surface area contributed by atoms with Crippen LogP contribution in [0.4, 0.5) is 0 Å². The maximum absolute atomic E-state index is 5.86. The Morgan fingerprint density at radius 3 is 3.00 bits per heavy atom. The van der Waals surface area contributed by atoms with Gasteiger partial charge in [0.2, 0.25) is 0 Å². The molecule has 0 saturated carbocycles. The van der Waals surface area contributed by atoms with Crippen LogP contribution in [-0.2, 0) is 11.2 Å². The molecule has 0 fully saturated rings. The zero-order valence-electron chi connectivity index (χ0n) is 9.49. The standard InChI is InChI=1S/C14H18O/c1-11(2)9-10-15-14-8-7-12-5-3-4-6-13(12)14/h3-6,9,14H,7-8,10H2,1-2H3. The van der Waals surface area contributed by atoms with Crippen molar-refractivity contribution in [1.29, 1.82) is 0 Å². The molecule has 1 nitrogen and oxygen atoms in total. The van der Waals surface area contributed by atoms with E-state index < -0.39 is 0 Å². The summed E-state index contributed by atoms with van der Waals surface area (Å²) in [5, 5.41) is 0. The fraction of sp³-hybridized carbons (Fsp3) is 0.429. The third-order valence-corrected chi connectivity index (χ3v) is 2.87. The van der Waals surface area contributed by atoms with E-state index in [1.165, 1.54) is 16.7 Å². The molecule has 0 aliphatic heterocycles. The summed E-state index contributed by atoms with van der Waals surface area (Å²) in [6, 6.07) is 8.61. The largest absolute Gasteiger partial charge is 0.369 e. The first-order chi connectivity index (χ1) is 7.27. The average Bonchev–Trinajstić information content (AvgIpc) is 2.62. The van der Waals surface area contributed by atoms with Crippen LogP contribution < -0.4 is 0 Å². The van der Waals surface area contributed by atoms with Crippen LogP contribution in [0.25, 0.3) is 0 Å². The lowest BCUT2D eigenvalue weighted by molar-refractivity contribution is 0.0753. The summed E-state index contributed by atoms with van der Waals surface area (Å²) in [5.41, 5.74) is 4.17. The lowest BCUT2D eigenvalue weighted by Gasteiger charge is -2.11. The second kappa shape index (κ2) is 4.63. The van der Waals surface area contributed by atoms with Crippen LogP contribution >= 0.6 is 0 Å². The molecule has 0 aromatic heterocycles. The van der Waals surface area contributed by atoms with Gasteiger partial charge >= 0.3 is 0 Å². The Kier molecular flexibility index (Phi) is 3.22. The number of hydrogen-bond acceptors (Lipinski definition) is 1. The Balaban J connectivity index is 1.99. The van der Waals surface area contributed by atoms with Crippen molar-refractivity contribution in [2.75, 3.05) is 6.61 Å². The van der Waals surface area contributed by atoms with E-state index in [1.54, 1.807) is 0 Å². The van der Waals surface area contributed by atoms with Crippen LogP contribution in [0.15, 0.2) is 35.9 Å². The van der Waals surface area contributed by atoms with E-state index in [-0.39, 0.29) is 0 Å². The van der Waals surface area contributed by atoms with Gasteiger partial charge in [-0.15, -0.1) is 0 Å². The molecule has 1 aliphatic rings. The quantitative estimate of drug-likeness (QED) is 0.680. The van der Waals surface area contributed by atoms with E-state index in [0.717, 1.165) is 19.4 Å². The average molecular weight is 202 g/mol. The Morgan fingerprint density at radius 2 is 2.20 bits per heavy atom. The van der Waals surface area contributed by atoms with Gasteiger partial charge in [-0.05, 0) is 37.8 Å². The van der Waals surface area contributed by atoms with Gasteiger partial charge in [-0.2, -0.15) is 0 Å². The zero-order valence-corrected chi connectivity index (χ0v) is 9.49. The molecule has 0 heterocycles. The van der Waals surface area contributed by atoms with Crippen LogP contribution in [0.2, 0.25) is 0 Å². The SMILES string of the molecule is CC(C)=CCOC1CCc2ccccc21. The summed E-state index contributed by atoms with van der Waals surface area (Å²) in [5.74, 6) is 0. The van der Waals surface area contributed by atoms with Crippen molar-refractivity contribution >= 4 is 0 Å². The molecule has 0 spiro atoms. The third kappa shape index (κ3) is 2.48. The van der Waals surface area contributed by atoms with Crippen LogP contribution in [-0.4, -0.2) is 6.61 Å². The molecule has 0 saturated heterocycles. The van der Waals surface area contributed by atoms with Gasteiger partial charge in [-0.3, -0.25) is 0 Å². The highest BCUT2D eigenvalue weighted by atomic mass is 16.5. The van der Waals surface area contributed by atoms with Crippen molar-refractivity contribution in [3.8, 4) is 0 Å². The van der Waals surface area contributed by atoms with E-state index in [4.69, 9.17) is 4.74 Å². The summed E-state index contributed by atoms with van der Waals surface area (Å²) >= 11 is 0. The smallest absolute Gasteiger partial charge is 0.0835 e. The minimum Gasteiger partial charge on any atom is -0.369 e. The summed E-state index contributed by atoms with van der Waals surface area (Å²) in [7, 11) is 0. The molecule has 1 unspecified atom stereocenters. The van der Waals surface area contributed by atoms with E-state index in [2.05, 4.69) is 44.2 Å². The predicted molar refractivity (Wildman–Crippen MR) is 62.9 cm³/mol. The summed E-state index contributed by atoms with van der Waals surface area (Å²) in [6.45, 7) is 4.94. The first-order valence-electron chi connectivity index (χ1n) is 5.60. The Morgan fingerprint density at radius 1 is 1.40 bits per heavy atom. The maximum atomic E-state index is 5.86. The van der Waals surface area contributed by atoms with Crippen molar-refractivity contribution in [2.45, 2.75) is 32.8 Å². The lowest BCUT2D eigenvalue weighted by atomic mass is 10.1. The summed E-state index contributed by atoms with van der Waals surface area (Å²) in [6.07, 6.45) is 4.75. The summed E-state index contributed by atoms with van der Waals surface area (Å²) in [4.78, 5) is 0. The number of fused-ring (bicyclic) bond motifs is 1. The Hall–Kier alpha value is -1.08. The molecular formula is C14H18O. The fourth-order valence-electron chi connectivity index (χ4n) is 2.02. The number of rotatable bonds is 3.